The Hall–Kier alpha value is -1.55. The molecule has 0 fully saturated rings. The van der Waals surface area contributed by atoms with E-state index in [9.17, 15) is 0 Å². The Morgan fingerprint density at radius 3 is 2.94 bits per heavy atom. The van der Waals surface area contributed by atoms with Crippen molar-refractivity contribution in [1.82, 2.24) is 9.55 Å². The van der Waals surface area contributed by atoms with E-state index in [1.807, 2.05) is 12.1 Å². The number of fused-ring (bicyclic) bond motifs is 1. The van der Waals surface area contributed by atoms with Crippen LogP contribution in [0.4, 0.5) is 5.95 Å². The van der Waals surface area contributed by atoms with Crippen molar-refractivity contribution in [2.24, 2.45) is 0 Å². The highest BCUT2D eigenvalue weighted by molar-refractivity contribution is 5.81. The molecule has 1 aromatic heterocycles. The van der Waals surface area contributed by atoms with Gasteiger partial charge in [0.05, 0.1) is 11.0 Å². The first-order chi connectivity index (χ1) is 8.24. The first kappa shape index (κ1) is 11.9. The summed E-state index contributed by atoms with van der Waals surface area (Å²) in [5.74, 6) is 0.603. The molecule has 17 heavy (non-hydrogen) atoms. The number of benzene rings is 1. The number of hydrogen-bond acceptors (Lipinski definition) is 3. The van der Waals surface area contributed by atoms with Crippen molar-refractivity contribution in [3.05, 3.63) is 23.8 Å². The maximum absolute atomic E-state index is 5.96. The summed E-state index contributed by atoms with van der Waals surface area (Å²) in [5.41, 5.74) is 9.31. The van der Waals surface area contributed by atoms with Crippen LogP contribution in [0.5, 0.6) is 0 Å². The van der Waals surface area contributed by atoms with Crippen LogP contribution in [0, 0.1) is 6.92 Å². The van der Waals surface area contributed by atoms with Gasteiger partial charge in [-0.1, -0.05) is 12.1 Å². The van der Waals surface area contributed by atoms with Crippen molar-refractivity contribution in [3.63, 3.8) is 0 Å². The molecule has 4 nitrogen and oxygen atoms in total. The summed E-state index contributed by atoms with van der Waals surface area (Å²) in [6.07, 6.45) is 2.10. The lowest BCUT2D eigenvalue weighted by Crippen LogP contribution is -2.05. The zero-order valence-electron chi connectivity index (χ0n) is 10.4. The number of imidazole rings is 1. The van der Waals surface area contributed by atoms with Crippen LogP contribution >= 0.6 is 0 Å². The number of aromatic nitrogens is 2. The highest BCUT2D eigenvalue weighted by Crippen LogP contribution is 2.21. The molecule has 2 aromatic rings. The van der Waals surface area contributed by atoms with Gasteiger partial charge in [0, 0.05) is 20.3 Å². The van der Waals surface area contributed by atoms with Gasteiger partial charge in [-0.15, -0.1) is 0 Å². The first-order valence-corrected chi connectivity index (χ1v) is 5.94. The molecule has 0 atom stereocenters. The van der Waals surface area contributed by atoms with E-state index in [0.717, 1.165) is 37.0 Å². The average Bonchev–Trinajstić information content (AvgIpc) is 2.62. The molecular weight excluding hydrogens is 214 g/mol. The molecule has 1 heterocycles. The Morgan fingerprint density at radius 1 is 1.35 bits per heavy atom. The van der Waals surface area contributed by atoms with Gasteiger partial charge in [0.25, 0.3) is 0 Å². The van der Waals surface area contributed by atoms with Gasteiger partial charge >= 0.3 is 0 Å². The summed E-state index contributed by atoms with van der Waals surface area (Å²) >= 11 is 0. The standard InChI is InChI=1S/C13H19N3O/c1-10-6-5-7-11-12(10)16(13(14)15-11)8-3-4-9-17-2/h5-7H,3-4,8-9H2,1-2H3,(H2,14,15). The molecule has 0 saturated heterocycles. The number of hydrogen-bond donors (Lipinski definition) is 1. The molecule has 0 saturated carbocycles. The second kappa shape index (κ2) is 5.19. The zero-order chi connectivity index (χ0) is 12.3. The molecule has 0 aliphatic rings. The van der Waals surface area contributed by atoms with E-state index in [-0.39, 0.29) is 0 Å². The van der Waals surface area contributed by atoms with Crippen LogP contribution in [0.1, 0.15) is 18.4 Å². The molecule has 0 aliphatic heterocycles. The fourth-order valence-corrected chi connectivity index (χ4v) is 2.13. The largest absolute Gasteiger partial charge is 0.385 e. The summed E-state index contributed by atoms with van der Waals surface area (Å²) in [6.45, 7) is 3.79. The molecule has 1 aromatic carbocycles. The van der Waals surface area contributed by atoms with Crippen molar-refractivity contribution >= 4 is 17.0 Å². The van der Waals surface area contributed by atoms with Crippen molar-refractivity contribution < 1.29 is 4.74 Å². The Balaban J connectivity index is 2.23. The molecule has 2 rings (SSSR count). The molecule has 0 bridgehead atoms. The fourth-order valence-electron chi connectivity index (χ4n) is 2.13. The minimum Gasteiger partial charge on any atom is -0.385 e. The Bertz CT molecular complexity index is 505. The second-order valence-corrected chi connectivity index (χ2v) is 4.26. The summed E-state index contributed by atoms with van der Waals surface area (Å²) in [6, 6.07) is 6.11. The van der Waals surface area contributed by atoms with Crippen LogP contribution in [0.3, 0.4) is 0 Å². The summed E-state index contributed by atoms with van der Waals surface area (Å²) < 4.78 is 7.14. The SMILES string of the molecule is COCCCCn1c(N)nc2cccc(C)c21. The van der Waals surface area contributed by atoms with E-state index in [2.05, 4.69) is 22.5 Å². The first-order valence-electron chi connectivity index (χ1n) is 5.94. The lowest BCUT2D eigenvalue weighted by molar-refractivity contribution is 0.191. The van der Waals surface area contributed by atoms with Crippen LogP contribution in [-0.4, -0.2) is 23.3 Å². The highest BCUT2D eigenvalue weighted by atomic mass is 16.5. The van der Waals surface area contributed by atoms with E-state index in [1.165, 1.54) is 5.56 Å². The van der Waals surface area contributed by atoms with Crippen molar-refractivity contribution in [3.8, 4) is 0 Å². The minimum atomic E-state index is 0.603. The van der Waals surface area contributed by atoms with Gasteiger partial charge in [-0.25, -0.2) is 4.98 Å². The quantitative estimate of drug-likeness (QED) is 0.806. The van der Waals surface area contributed by atoms with E-state index >= 15 is 0 Å². The Labute approximate surface area is 101 Å². The summed E-state index contributed by atoms with van der Waals surface area (Å²) in [5, 5.41) is 0. The number of rotatable bonds is 5. The number of nitrogen functional groups attached to an aromatic ring is 1. The second-order valence-electron chi connectivity index (χ2n) is 4.26. The van der Waals surface area contributed by atoms with Crippen molar-refractivity contribution in [2.45, 2.75) is 26.3 Å². The van der Waals surface area contributed by atoms with Gasteiger partial charge in [0.2, 0.25) is 5.95 Å². The van der Waals surface area contributed by atoms with E-state index in [4.69, 9.17) is 10.5 Å². The van der Waals surface area contributed by atoms with Crippen LogP contribution in [0.2, 0.25) is 0 Å². The van der Waals surface area contributed by atoms with E-state index in [0.29, 0.717) is 5.95 Å². The van der Waals surface area contributed by atoms with Crippen LogP contribution in [0.25, 0.3) is 11.0 Å². The summed E-state index contributed by atoms with van der Waals surface area (Å²) in [7, 11) is 1.73. The summed E-state index contributed by atoms with van der Waals surface area (Å²) in [4.78, 5) is 4.38. The van der Waals surface area contributed by atoms with Crippen LogP contribution in [-0.2, 0) is 11.3 Å². The number of nitrogens with two attached hydrogens (primary N) is 1. The number of methoxy groups -OCH3 is 1. The molecule has 0 radical (unpaired) electrons. The molecule has 0 unspecified atom stereocenters. The van der Waals surface area contributed by atoms with E-state index in [1.54, 1.807) is 7.11 Å². The Kier molecular flexibility index (Phi) is 3.64. The van der Waals surface area contributed by atoms with Gasteiger partial charge in [-0.3, -0.25) is 0 Å². The molecule has 0 aliphatic carbocycles. The lowest BCUT2D eigenvalue weighted by Gasteiger charge is -2.07. The average molecular weight is 233 g/mol. The number of unbranched alkanes of at least 4 members (excludes halogenated alkanes) is 1. The minimum absolute atomic E-state index is 0.603. The molecule has 2 N–H and O–H groups in total. The third-order valence-electron chi connectivity index (χ3n) is 2.98. The monoisotopic (exact) mass is 233 g/mol. The molecular formula is C13H19N3O. The van der Waals surface area contributed by atoms with E-state index < -0.39 is 0 Å². The van der Waals surface area contributed by atoms with Gasteiger partial charge < -0.3 is 15.0 Å². The molecule has 0 spiro atoms. The lowest BCUT2D eigenvalue weighted by atomic mass is 10.2. The fraction of sp³-hybridized carbons (Fsp3) is 0.462. The van der Waals surface area contributed by atoms with Crippen molar-refractivity contribution in [1.29, 1.82) is 0 Å². The van der Waals surface area contributed by atoms with Gasteiger partial charge in [-0.05, 0) is 31.4 Å². The third kappa shape index (κ3) is 2.42. The molecule has 0 amide bonds. The third-order valence-corrected chi connectivity index (χ3v) is 2.98. The maximum Gasteiger partial charge on any atom is 0.201 e. The smallest absolute Gasteiger partial charge is 0.201 e. The topological polar surface area (TPSA) is 53.1 Å². The number of para-hydroxylation sites is 1. The van der Waals surface area contributed by atoms with Gasteiger partial charge in [-0.2, -0.15) is 0 Å². The van der Waals surface area contributed by atoms with Gasteiger partial charge in [0.1, 0.15) is 0 Å². The predicted octanol–water partition coefficient (Wildman–Crippen LogP) is 2.35. The number of ether oxygens (including phenoxy) is 1. The predicted molar refractivity (Wildman–Crippen MR) is 70.0 cm³/mol. The van der Waals surface area contributed by atoms with Crippen molar-refractivity contribution in [2.75, 3.05) is 19.5 Å². The highest BCUT2D eigenvalue weighted by Gasteiger charge is 2.09. The van der Waals surface area contributed by atoms with Crippen LogP contribution < -0.4 is 5.73 Å². The number of nitrogens with zero attached hydrogens (tertiary/aromatic N) is 2. The number of anilines is 1. The molecule has 4 heteroatoms. The molecule has 92 valence electrons. The normalized spacial score (nSPS) is 11.2. The van der Waals surface area contributed by atoms with Gasteiger partial charge in [0.15, 0.2) is 0 Å². The Morgan fingerprint density at radius 2 is 2.18 bits per heavy atom. The maximum atomic E-state index is 5.96. The number of aryl methyl sites for hydroxylation is 2. The zero-order valence-corrected chi connectivity index (χ0v) is 10.4. The van der Waals surface area contributed by atoms with Crippen LogP contribution in [0.15, 0.2) is 18.2 Å².